The molecule has 5 atom stereocenters. The number of carboxylic acid groups (broad SMARTS) is 1. The van der Waals surface area contributed by atoms with Crippen LogP contribution in [-0.2, 0) is 25.6 Å². The van der Waals surface area contributed by atoms with Crippen LogP contribution in [0.1, 0.15) is 25.3 Å². The molecule has 15 heteroatoms. The van der Waals surface area contributed by atoms with E-state index in [2.05, 4.69) is 20.9 Å². The van der Waals surface area contributed by atoms with E-state index in [4.69, 9.17) is 22.3 Å². The minimum atomic E-state index is -1.64. The van der Waals surface area contributed by atoms with Gasteiger partial charge in [-0.15, -0.1) is 0 Å². The number of nitrogens with one attached hydrogen (secondary N) is 3. The second kappa shape index (κ2) is 15.2. The Morgan fingerprint density at radius 2 is 1.54 bits per heavy atom. The summed E-state index contributed by atoms with van der Waals surface area (Å²) < 4.78 is 0. The summed E-state index contributed by atoms with van der Waals surface area (Å²) >= 11 is 0. The van der Waals surface area contributed by atoms with Crippen LogP contribution in [0.4, 0.5) is 0 Å². The molecule has 206 valence electrons. The Bertz CT molecular complexity index is 951. The van der Waals surface area contributed by atoms with Crippen molar-refractivity contribution >= 4 is 29.7 Å². The fourth-order valence-corrected chi connectivity index (χ4v) is 3.13. The predicted molar refractivity (Wildman–Crippen MR) is 132 cm³/mol. The first kappa shape index (κ1) is 31.1. The molecule has 0 aliphatic rings. The zero-order valence-electron chi connectivity index (χ0n) is 20.3. The number of phenols is 1. The van der Waals surface area contributed by atoms with E-state index < -0.39 is 60.6 Å². The zero-order chi connectivity index (χ0) is 28.1. The second-order valence-electron chi connectivity index (χ2n) is 8.30. The van der Waals surface area contributed by atoms with Crippen LogP contribution in [0.25, 0.3) is 0 Å². The number of benzene rings is 1. The zero-order valence-corrected chi connectivity index (χ0v) is 20.3. The van der Waals surface area contributed by atoms with E-state index in [1.807, 2.05) is 0 Å². The van der Waals surface area contributed by atoms with Crippen LogP contribution in [-0.4, -0.2) is 93.5 Å². The van der Waals surface area contributed by atoms with E-state index in [1.54, 1.807) is 0 Å². The molecule has 1 aromatic carbocycles. The number of nitrogens with two attached hydrogens (primary N) is 3. The van der Waals surface area contributed by atoms with Crippen LogP contribution < -0.4 is 33.2 Å². The molecule has 0 aliphatic carbocycles. The number of carbonyl (C=O) groups excluding carboxylic acids is 3. The van der Waals surface area contributed by atoms with Gasteiger partial charge in [0.25, 0.3) is 0 Å². The van der Waals surface area contributed by atoms with Gasteiger partial charge < -0.3 is 53.6 Å². The lowest BCUT2D eigenvalue weighted by Crippen LogP contribution is -2.58. The Hall–Kier alpha value is -3.95. The number of aliphatic imine (C=N–C) groups is 1. The van der Waals surface area contributed by atoms with E-state index in [1.165, 1.54) is 31.2 Å². The molecule has 1 aromatic rings. The molecule has 3 amide bonds. The first-order valence-electron chi connectivity index (χ1n) is 11.4. The van der Waals surface area contributed by atoms with Gasteiger partial charge in [0.2, 0.25) is 17.7 Å². The monoisotopic (exact) mass is 525 g/mol. The minimum absolute atomic E-state index is 0.0142. The summed E-state index contributed by atoms with van der Waals surface area (Å²) in [5.74, 6) is -4.20. The van der Waals surface area contributed by atoms with Gasteiger partial charge >= 0.3 is 5.97 Å². The van der Waals surface area contributed by atoms with E-state index in [0.29, 0.717) is 5.56 Å². The number of hydrogen-bond acceptors (Lipinski definition) is 9. The van der Waals surface area contributed by atoms with Crippen molar-refractivity contribution in [2.45, 2.75) is 56.5 Å². The highest BCUT2D eigenvalue weighted by Crippen LogP contribution is 2.12. The molecule has 5 unspecified atom stereocenters. The topological polar surface area (TPSA) is 276 Å². The van der Waals surface area contributed by atoms with Crippen molar-refractivity contribution < 1.29 is 39.6 Å². The van der Waals surface area contributed by atoms with Gasteiger partial charge in [0.05, 0.1) is 12.7 Å². The number of aliphatic hydroxyl groups excluding tert-OH is 2. The number of nitrogens with zero attached hydrogens (tertiary/aromatic N) is 1. The number of amides is 3. The first-order valence-corrected chi connectivity index (χ1v) is 11.4. The van der Waals surface area contributed by atoms with Crippen LogP contribution in [0, 0.1) is 0 Å². The SMILES string of the molecule is CC(O)C(NC(=O)C(CCCN=C(N)N)NC(=O)C(Cc1ccc(O)cc1)NC(=O)C(N)CO)C(=O)O. The van der Waals surface area contributed by atoms with Gasteiger partial charge in [0.1, 0.15) is 23.9 Å². The molecule has 0 spiro atoms. The van der Waals surface area contributed by atoms with E-state index >= 15 is 0 Å². The second-order valence-corrected chi connectivity index (χ2v) is 8.30. The summed E-state index contributed by atoms with van der Waals surface area (Å²) in [6.07, 6.45) is -1.30. The van der Waals surface area contributed by atoms with Gasteiger partial charge in [-0.2, -0.15) is 0 Å². The normalized spacial score (nSPS) is 14.8. The quantitative estimate of drug-likeness (QED) is 0.0602. The molecule has 1 rings (SSSR count). The highest BCUT2D eigenvalue weighted by atomic mass is 16.4. The maximum atomic E-state index is 13.2. The van der Waals surface area contributed by atoms with Gasteiger partial charge in [-0.1, -0.05) is 12.1 Å². The highest BCUT2D eigenvalue weighted by molar-refractivity contribution is 5.94. The Morgan fingerprint density at radius 3 is 2.05 bits per heavy atom. The van der Waals surface area contributed by atoms with Crippen LogP contribution >= 0.6 is 0 Å². The van der Waals surface area contributed by atoms with Crippen molar-refractivity contribution in [3.8, 4) is 5.75 Å². The fourth-order valence-electron chi connectivity index (χ4n) is 3.13. The molecular weight excluding hydrogens is 490 g/mol. The molecule has 0 heterocycles. The average Bonchev–Trinajstić information content (AvgIpc) is 2.83. The van der Waals surface area contributed by atoms with Crippen LogP contribution in [0.3, 0.4) is 0 Å². The summed E-state index contributed by atoms with van der Waals surface area (Å²) in [7, 11) is 0. The van der Waals surface area contributed by atoms with Crippen molar-refractivity contribution in [3.63, 3.8) is 0 Å². The number of rotatable bonds is 15. The Balaban J connectivity index is 3.15. The molecule has 37 heavy (non-hydrogen) atoms. The summed E-state index contributed by atoms with van der Waals surface area (Å²) in [4.78, 5) is 53.5. The summed E-state index contributed by atoms with van der Waals surface area (Å²) in [5.41, 5.74) is 16.7. The van der Waals surface area contributed by atoms with E-state index in [9.17, 15) is 34.5 Å². The number of aromatic hydroxyl groups is 1. The largest absolute Gasteiger partial charge is 0.508 e. The molecule has 0 aromatic heterocycles. The lowest BCUT2D eigenvalue weighted by molar-refractivity contribution is -0.145. The predicted octanol–water partition coefficient (Wildman–Crippen LogP) is -3.77. The number of carboxylic acids is 1. The molecule has 0 fully saturated rings. The number of carbonyl (C=O) groups is 4. The van der Waals surface area contributed by atoms with Gasteiger partial charge in [-0.25, -0.2) is 4.79 Å². The summed E-state index contributed by atoms with van der Waals surface area (Å²) in [5, 5.41) is 44.7. The number of aliphatic carboxylic acids is 1. The lowest BCUT2D eigenvalue weighted by atomic mass is 10.0. The van der Waals surface area contributed by atoms with E-state index in [-0.39, 0.29) is 37.5 Å². The first-order chi connectivity index (χ1) is 17.3. The Kier molecular flexibility index (Phi) is 12.8. The number of hydrogen-bond donors (Lipinski definition) is 10. The molecule has 0 bridgehead atoms. The van der Waals surface area contributed by atoms with Crippen molar-refractivity contribution in [2.24, 2.45) is 22.2 Å². The third kappa shape index (κ3) is 11.1. The molecule has 13 N–H and O–H groups in total. The van der Waals surface area contributed by atoms with E-state index in [0.717, 1.165) is 0 Å². The molecule has 0 saturated carbocycles. The van der Waals surface area contributed by atoms with Gasteiger partial charge in [-0.05, 0) is 37.5 Å². The van der Waals surface area contributed by atoms with Crippen molar-refractivity contribution in [1.82, 2.24) is 16.0 Å². The summed E-state index contributed by atoms with van der Waals surface area (Å²) in [6, 6.07) is 0.320. The molecule has 0 saturated heterocycles. The van der Waals surface area contributed by atoms with Gasteiger partial charge in [0.15, 0.2) is 12.0 Å². The standard InChI is InChI=1S/C22H35N7O8/c1-11(31)17(21(36)37)29-19(34)15(3-2-8-26-22(24)25)27-20(35)16(28-18(33)14(23)10-30)9-12-4-6-13(32)7-5-12/h4-7,11,14-17,30-32H,2-3,8-10,23H2,1H3,(H,27,35)(H,28,33)(H,29,34)(H,36,37)(H4,24,25,26). The number of phenolic OH excluding ortho intramolecular Hbond substituents is 1. The minimum Gasteiger partial charge on any atom is -0.508 e. The molecule has 0 aliphatic heterocycles. The lowest BCUT2D eigenvalue weighted by Gasteiger charge is -2.25. The Labute approximate surface area is 213 Å². The van der Waals surface area contributed by atoms with Crippen LogP contribution in [0.2, 0.25) is 0 Å². The number of guanidine groups is 1. The summed E-state index contributed by atoms with van der Waals surface area (Å²) in [6.45, 7) is 0.615. The third-order valence-corrected chi connectivity index (χ3v) is 5.17. The molecular formula is C22H35N7O8. The van der Waals surface area contributed by atoms with Crippen molar-refractivity contribution in [1.29, 1.82) is 0 Å². The van der Waals surface area contributed by atoms with Gasteiger partial charge in [-0.3, -0.25) is 19.4 Å². The Morgan fingerprint density at radius 1 is 0.973 bits per heavy atom. The van der Waals surface area contributed by atoms with Crippen molar-refractivity contribution in [3.05, 3.63) is 29.8 Å². The van der Waals surface area contributed by atoms with Crippen LogP contribution in [0.15, 0.2) is 29.3 Å². The van der Waals surface area contributed by atoms with Crippen molar-refractivity contribution in [2.75, 3.05) is 13.2 Å². The van der Waals surface area contributed by atoms with Gasteiger partial charge in [0, 0.05) is 13.0 Å². The maximum absolute atomic E-state index is 13.2. The number of aliphatic hydroxyl groups is 2. The third-order valence-electron chi connectivity index (χ3n) is 5.17. The smallest absolute Gasteiger partial charge is 0.328 e. The molecule has 15 nitrogen and oxygen atoms in total. The maximum Gasteiger partial charge on any atom is 0.328 e. The van der Waals surface area contributed by atoms with Crippen LogP contribution in [0.5, 0.6) is 5.75 Å². The average molecular weight is 526 g/mol. The highest BCUT2D eigenvalue weighted by Gasteiger charge is 2.31. The molecule has 0 radical (unpaired) electrons. The fraction of sp³-hybridized carbons (Fsp3) is 0.500.